The predicted octanol–water partition coefficient (Wildman–Crippen LogP) is 6.11. The molecule has 1 N–H and O–H groups in total. The Morgan fingerprint density at radius 2 is 1.97 bits per heavy atom. The molecule has 0 aliphatic heterocycles. The number of aromatic nitrogens is 4. The van der Waals surface area contributed by atoms with Gasteiger partial charge in [0, 0.05) is 17.7 Å². The average Bonchev–Trinajstić information content (AvgIpc) is 3.45. The summed E-state index contributed by atoms with van der Waals surface area (Å²) < 4.78 is 12.2. The van der Waals surface area contributed by atoms with Crippen LogP contribution in [-0.4, -0.2) is 20.1 Å². The van der Waals surface area contributed by atoms with Crippen molar-refractivity contribution in [3.8, 4) is 17.0 Å². The minimum Gasteiger partial charge on any atom is -0.486 e. The molecule has 0 bridgehead atoms. The molecule has 0 spiro atoms. The van der Waals surface area contributed by atoms with Gasteiger partial charge in [-0.1, -0.05) is 23.4 Å². The van der Waals surface area contributed by atoms with Gasteiger partial charge in [0.2, 0.25) is 0 Å². The molecule has 3 heterocycles. The number of ether oxygens (including phenoxy) is 1. The summed E-state index contributed by atoms with van der Waals surface area (Å²) in [4.78, 5) is 13.6. The Morgan fingerprint density at radius 1 is 1.06 bits per heavy atom. The number of rotatable bonds is 7. The molecule has 0 aliphatic carbocycles. The second-order valence-electron chi connectivity index (χ2n) is 7.88. The molecular formula is C25H23N5O2S. The molecule has 166 valence electrons. The van der Waals surface area contributed by atoms with Crippen molar-refractivity contribution in [3.05, 3.63) is 82.9 Å². The number of thiazole rings is 1. The van der Waals surface area contributed by atoms with Crippen LogP contribution in [0.15, 0.2) is 64.6 Å². The van der Waals surface area contributed by atoms with Crippen LogP contribution >= 0.6 is 11.3 Å². The second kappa shape index (κ2) is 8.99. The predicted molar refractivity (Wildman–Crippen MR) is 129 cm³/mol. The van der Waals surface area contributed by atoms with Crippen LogP contribution in [0.4, 0.5) is 5.82 Å². The van der Waals surface area contributed by atoms with Crippen LogP contribution in [0.25, 0.3) is 21.5 Å². The summed E-state index contributed by atoms with van der Waals surface area (Å²) in [6, 6.07) is 18.1. The van der Waals surface area contributed by atoms with Crippen molar-refractivity contribution in [1.29, 1.82) is 0 Å². The Morgan fingerprint density at radius 3 is 2.82 bits per heavy atom. The Hall–Kier alpha value is -3.78. The second-order valence-corrected chi connectivity index (χ2v) is 8.77. The van der Waals surface area contributed by atoms with E-state index in [0.29, 0.717) is 18.2 Å². The van der Waals surface area contributed by atoms with Crippen molar-refractivity contribution in [2.45, 2.75) is 33.4 Å². The van der Waals surface area contributed by atoms with Crippen LogP contribution in [-0.2, 0) is 6.61 Å². The highest BCUT2D eigenvalue weighted by Gasteiger charge is 2.11. The molecule has 5 rings (SSSR count). The normalized spacial score (nSPS) is 12.1. The molecule has 0 amide bonds. The molecule has 3 aromatic heterocycles. The molecule has 0 radical (unpaired) electrons. The Labute approximate surface area is 195 Å². The van der Waals surface area contributed by atoms with E-state index >= 15 is 0 Å². The topological polar surface area (TPSA) is 86.0 Å². The third-order valence-corrected chi connectivity index (χ3v) is 6.04. The van der Waals surface area contributed by atoms with E-state index in [1.54, 1.807) is 11.3 Å². The van der Waals surface area contributed by atoms with Gasteiger partial charge in [0.25, 0.3) is 0 Å². The number of anilines is 1. The van der Waals surface area contributed by atoms with Gasteiger partial charge in [-0.15, -0.1) is 11.3 Å². The smallest absolute Gasteiger partial charge is 0.174 e. The van der Waals surface area contributed by atoms with E-state index in [0.717, 1.165) is 44.3 Å². The number of fused-ring (bicyclic) bond motifs is 1. The molecule has 0 saturated heterocycles. The Bertz CT molecular complexity index is 1410. The standard InChI is InChI=1S/C25H23N5O2S/c1-15-9-21(32-30-15)13-31-20-6-4-5-18(10-20)16(2)27-25-12-23(28-17(3)29-25)19-7-8-22-24(11-19)33-14-26-22/h4-12,14,16H,13H2,1-3H3,(H,27,28,29). The zero-order valence-corrected chi connectivity index (χ0v) is 19.4. The van der Waals surface area contributed by atoms with Crippen LogP contribution in [0, 0.1) is 13.8 Å². The first-order valence-corrected chi connectivity index (χ1v) is 11.5. The van der Waals surface area contributed by atoms with Crippen LogP contribution in [0.2, 0.25) is 0 Å². The van der Waals surface area contributed by atoms with Crippen molar-refractivity contribution in [1.82, 2.24) is 20.1 Å². The first kappa shape index (κ1) is 21.1. The summed E-state index contributed by atoms with van der Waals surface area (Å²) in [5.74, 6) is 2.96. The highest BCUT2D eigenvalue weighted by atomic mass is 32.1. The van der Waals surface area contributed by atoms with Crippen molar-refractivity contribution < 1.29 is 9.26 Å². The number of nitrogens with zero attached hydrogens (tertiary/aromatic N) is 4. The third kappa shape index (κ3) is 4.85. The average molecular weight is 458 g/mol. The van der Waals surface area contributed by atoms with Gasteiger partial charge in [-0.3, -0.25) is 0 Å². The molecule has 2 aromatic carbocycles. The molecule has 1 unspecified atom stereocenters. The van der Waals surface area contributed by atoms with Gasteiger partial charge in [-0.05, 0) is 50.6 Å². The third-order valence-electron chi connectivity index (χ3n) is 5.25. The van der Waals surface area contributed by atoms with Gasteiger partial charge >= 0.3 is 0 Å². The highest BCUT2D eigenvalue weighted by molar-refractivity contribution is 7.16. The molecule has 0 aliphatic rings. The number of aryl methyl sites for hydroxylation is 2. The van der Waals surface area contributed by atoms with E-state index in [4.69, 9.17) is 9.26 Å². The molecule has 1 atom stereocenters. The van der Waals surface area contributed by atoms with E-state index in [1.807, 2.05) is 61.8 Å². The van der Waals surface area contributed by atoms with Gasteiger partial charge in [0.15, 0.2) is 5.76 Å². The first-order valence-electron chi connectivity index (χ1n) is 10.6. The fourth-order valence-electron chi connectivity index (χ4n) is 3.62. The molecule has 7 nitrogen and oxygen atoms in total. The Balaban J connectivity index is 1.32. The quantitative estimate of drug-likeness (QED) is 0.315. The summed E-state index contributed by atoms with van der Waals surface area (Å²) in [7, 11) is 0. The fourth-order valence-corrected chi connectivity index (χ4v) is 4.34. The molecular weight excluding hydrogens is 434 g/mol. The van der Waals surface area contributed by atoms with E-state index < -0.39 is 0 Å². The first-order chi connectivity index (χ1) is 16.0. The van der Waals surface area contributed by atoms with Crippen LogP contribution in [0.5, 0.6) is 5.75 Å². The lowest BCUT2D eigenvalue weighted by molar-refractivity contribution is 0.248. The maximum atomic E-state index is 5.88. The number of hydrogen-bond acceptors (Lipinski definition) is 8. The van der Waals surface area contributed by atoms with Gasteiger partial charge < -0.3 is 14.6 Å². The lowest BCUT2D eigenvalue weighted by Gasteiger charge is -2.17. The van der Waals surface area contributed by atoms with Crippen LogP contribution in [0.1, 0.15) is 35.8 Å². The van der Waals surface area contributed by atoms with Crippen molar-refractivity contribution in [3.63, 3.8) is 0 Å². The molecule has 0 saturated carbocycles. The lowest BCUT2D eigenvalue weighted by atomic mass is 10.1. The number of hydrogen-bond donors (Lipinski definition) is 1. The molecule has 33 heavy (non-hydrogen) atoms. The maximum absolute atomic E-state index is 5.88. The van der Waals surface area contributed by atoms with Gasteiger partial charge in [-0.25, -0.2) is 15.0 Å². The Kier molecular flexibility index (Phi) is 5.75. The van der Waals surface area contributed by atoms with Gasteiger partial charge in [-0.2, -0.15) is 0 Å². The summed E-state index contributed by atoms with van der Waals surface area (Å²) in [6.07, 6.45) is 0. The zero-order valence-electron chi connectivity index (χ0n) is 18.6. The lowest BCUT2D eigenvalue weighted by Crippen LogP contribution is -2.09. The van der Waals surface area contributed by atoms with Gasteiger partial charge in [0.1, 0.15) is 24.0 Å². The number of benzene rings is 2. The highest BCUT2D eigenvalue weighted by Crippen LogP contribution is 2.28. The number of nitrogens with one attached hydrogen (secondary N) is 1. The summed E-state index contributed by atoms with van der Waals surface area (Å²) >= 11 is 1.63. The molecule has 5 aromatic rings. The van der Waals surface area contributed by atoms with E-state index in [-0.39, 0.29) is 6.04 Å². The van der Waals surface area contributed by atoms with Crippen LogP contribution in [0.3, 0.4) is 0 Å². The van der Waals surface area contributed by atoms with Crippen LogP contribution < -0.4 is 10.1 Å². The summed E-state index contributed by atoms with van der Waals surface area (Å²) in [5.41, 5.74) is 6.72. The fraction of sp³-hybridized carbons (Fsp3) is 0.200. The van der Waals surface area contributed by atoms with Gasteiger partial charge in [0.05, 0.1) is 33.2 Å². The molecule has 0 fully saturated rings. The molecule has 8 heteroatoms. The monoisotopic (exact) mass is 457 g/mol. The van der Waals surface area contributed by atoms with Crippen molar-refractivity contribution in [2.24, 2.45) is 0 Å². The largest absolute Gasteiger partial charge is 0.486 e. The maximum Gasteiger partial charge on any atom is 0.174 e. The van der Waals surface area contributed by atoms with E-state index in [2.05, 4.69) is 44.5 Å². The SMILES string of the molecule is Cc1cc(COc2cccc(C(C)Nc3cc(-c4ccc5ncsc5c4)nc(C)n3)c2)on1. The minimum atomic E-state index is 0.0206. The zero-order chi connectivity index (χ0) is 22.8. The minimum absolute atomic E-state index is 0.0206. The van der Waals surface area contributed by atoms with Crippen molar-refractivity contribution in [2.75, 3.05) is 5.32 Å². The van der Waals surface area contributed by atoms with E-state index in [9.17, 15) is 0 Å². The summed E-state index contributed by atoms with van der Waals surface area (Å²) in [5, 5.41) is 7.39. The van der Waals surface area contributed by atoms with Crippen molar-refractivity contribution >= 4 is 27.4 Å². The summed E-state index contributed by atoms with van der Waals surface area (Å²) in [6.45, 7) is 6.23. The van der Waals surface area contributed by atoms with E-state index in [1.165, 1.54) is 0 Å².